The predicted octanol–water partition coefficient (Wildman–Crippen LogP) is 8.08. The van der Waals surface area contributed by atoms with Crippen LogP contribution in [0.25, 0.3) is 0 Å². The maximum atomic E-state index is 11.6. The Hall–Kier alpha value is -2.94. The molecule has 0 saturated heterocycles. The molecule has 3 aromatic carbocycles. The van der Waals surface area contributed by atoms with Crippen LogP contribution >= 0.6 is 0 Å². The van der Waals surface area contributed by atoms with E-state index in [1.807, 2.05) is 42.5 Å². The van der Waals surface area contributed by atoms with Crippen LogP contribution in [-0.4, -0.2) is 15.3 Å². The van der Waals surface area contributed by atoms with Crippen molar-refractivity contribution in [2.24, 2.45) is 0 Å². The van der Waals surface area contributed by atoms with E-state index in [0.29, 0.717) is 28.9 Å². The van der Waals surface area contributed by atoms with Gasteiger partial charge >= 0.3 is 0 Å². The molecule has 0 radical (unpaired) electrons. The minimum absolute atomic E-state index is 0.178. The van der Waals surface area contributed by atoms with Crippen LogP contribution in [0, 0.1) is 0 Å². The van der Waals surface area contributed by atoms with Gasteiger partial charge in [0.2, 0.25) is 0 Å². The second kappa shape index (κ2) is 10.1. The Morgan fingerprint density at radius 2 is 0.941 bits per heavy atom. The first-order chi connectivity index (χ1) is 16.6. The fourth-order valence-corrected chi connectivity index (χ4v) is 6.35. The summed E-state index contributed by atoms with van der Waals surface area (Å²) in [5.74, 6) is 1.07. The molecule has 2 fully saturated rings. The van der Waals surface area contributed by atoms with E-state index in [1.165, 1.54) is 38.5 Å². The molecule has 178 valence electrons. The van der Waals surface area contributed by atoms with Crippen LogP contribution in [0.5, 0.6) is 17.2 Å². The van der Waals surface area contributed by atoms with Gasteiger partial charge in [0.1, 0.15) is 17.2 Å². The summed E-state index contributed by atoms with van der Waals surface area (Å²) in [4.78, 5) is 0. The number of hydrogen-bond acceptors (Lipinski definition) is 3. The summed E-state index contributed by atoms with van der Waals surface area (Å²) >= 11 is 0. The van der Waals surface area contributed by atoms with Crippen molar-refractivity contribution < 1.29 is 15.3 Å². The van der Waals surface area contributed by atoms with Gasteiger partial charge in [-0.3, -0.25) is 0 Å². The molecule has 0 atom stereocenters. The largest absolute Gasteiger partial charge is 0.508 e. The molecule has 3 N–H and O–H groups in total. The van der Waals surface area contributed by atoms with Gasteiger partial charge in [-0.2, -0.15) is 0 Å². The van der Waals surface area contributed by atoms with Crippen molar-refractivity contribution in [3.8, 4) is 17.2 Å². The quantitative estimate of drug-likeness (QED) is 0.340. The van der Waals surface area contributed by atoms with Gasteiger partial charge in [-0.05, 0) is 54.7 Å². The molecule has 0 aliphatic heterocycles. The van der Waals surface area contributed by atoms with E-state index in [9.17, 15) is 15.3 Å². The summed E-state index contributed by atoms with van der Waals surface area (Å²) in [7, 11) is 0. The van der Waals surface area contributed by atoms with Gasteiger partial charge in [0.25, 0.3) is 0 Å². The molecular weight excluding hydrogens is 420 g/mol. The summed E-state index contributed by atoms with van der Waals surface area (Å²) in [6, 6.07) is 19.4. The predicted molar refractivity (Wildman–Crippen MR) is 137 cm³/mol. The molecule has 0 amide bonds. The first kappa shape index (κ1) is 22.8. The highest BCUT2D eigenvalue weighted by Crippen LogP contribution is 2.49. The third-order valence-corrected chi connectivity index (χ3v) is 8.16. The summed E-state index contributed by atoms with van der Waals surface area (Å²) in [5.41, 5.74) is 4.21. The van der Waals surface area contributed by atoms with Crippen molar-refractivity contribution >= 4 is 0 Å². The van der Waals surface area contributed by atoms with Crippen molar-refractivity contribution in [3.63, 3.8) is 0 Å². The minimum atomic E-state index is -0.451. The molecule has 5 rings (SSSR count). The molecule has 2 aliphatic carbocycles. The van der Waals surface area contributed by atoms with Gasteiger partial charge in [0, 0.05) is 22.6 Å². The molecule has 0 heterocycles. The number of para-hydroxylation sites is 3. The lowest BCUT2D eigenvalue weighted by Gasteiger charge is -2.28. The standard InChI is InChI=1S/C31H36O3/c32-28-20-8-7-15-25(28)29(26-18-9-16-23(30(26)33)21-11-3-1-4-12-21)27-19-10-17-24(31(27)34)22-13-5-2-6-14-22/h7-10,15-22,29,32-34H,1-6,11-14H2. The van der Waals surface area contributed by atoms with Crippen LogP contribution in [0.1, 0.15) is 110 Å². The van der Waals surface area contributed by atoms with Gasteiger partial charge < -0.3 is 15.3 Å². The highest BCUT2D eigenvalue weighted by molar-refractivity contribution is 5.59. The first-order valence-electron chi connectivity index (χ1n) is 13.1. The topological polar surface area (TPSA) is 60.7 Å². The highest BCUT2D eigenvalue weighted by atomic mass is 16.3. The van der Waals surface area contributed by atoms with E-state index in [4.69, 9.17) is 0 Å². The SMILES string of the molecule is Oc1ccccc1C(c1cccc(C2CCCCC2)c1O)c1cccc(C2CCCCC2)c1O. The first-order valence-corrected chi connectivity index (χ1v) is 13.1. The zero-order valence-electron chi connectivity index (χ0n) is 19.9. The monoisotopic (exact) mass is 456 g/mol. The lowest BCUT2D eigenvalue weighted by atomic mass is 9.77. The average molecular weight is 457 g/mol. The maximum Gasteiger partial charge on any atom is 0.123 e. The fourth-order valence-electron chi connectivity index (χ4n) is 6.35. The van der Waals surface area contributed by atoms with Crippen LogP contribution in [0.15, 0.2) is 60.7 Å². The third-order valence-electron chi connectivity index (χ3n) is 8.16. The van der Waals surface area contributed by atoms with Crippen molar-refractivity contribution in [3.05, 3.63) is 88.5 Å². The Kier molecular flexibility index (Phi) is 6.80. The number of aromatic hydroxyl groups is 3. The van der Waals surface area contributed by atoms with Crippen molar-refractivity contribution in [2.75, 3.05) is 0 Å². The zero-order valence-corrected chi connectivity index (χ0v) is 19.9. The van der Waals surface area contributed by atoms with Gasteiger partial charge in [0.05, 0.1) is 0 Å². The Balaban J connectivity index is 1.65. The van der Waals surface area contributed by atoms with E-state index >= 15 is 0 Å². The molecular formula is C31H36O3. The van der Waals surface area contributed by atoms with Crippen molar-refractivity contribution in [1.29, 1.82) is 0 Å². The van der Waals surface area contributed by atoms with Crippen molar-refractivity contribution in [1.82, 2.24) is 0 Å². The maximum absolute atomic E-state index is 11.6. The second-order valence-corrected chi connectivity index (χ2v) is 10.2. The molecule has 0 aromatic heterocycles. The molecule has 0 spiro atoms. The Labute approximate surface area is 203 Å². The summed E-state index contributed by atoms with van der Waals surface area (Å²) in [5, 5.41) is 34.0. The van der Waals surface area contributed by atoms with E-state index < -0.39 is 5.92 Å². The van der Waals surface area contributed by atoms with Gasteiger partial charge in [-0.25, -0.2) is 0 Å². The highest BCUT2D eigenvalue weighted by Gasteiger charge is 2.30. The van der Waals surface area contributed by atoms with Crippen LogP contribution in [0.4, 0.5) is 0 Å². The average Bonchev–Trinajstić information content (AvgIpc) is 2.88. The second-order valence-electron chi connectivity index (χ2n) is 10.2. The van der Waals surface area contributed by atoms with E-state index in [1.54, 1.807) is 6.07 Å². The molecule has 0 unspecified atom stereocenters. The molecule has 3 nitrogen and oxygen atoms in total. The number of hydrogen-bond donors (Lipinski definition) is 3. The number of benzene rings is 3. The summed E-state index contributed by atoms with van der Waals surface area (Å²) in [6.07, 6.45) is 11.7. The molecule has 2 aliphatic rings. The molecule has 3 aromatic rings. The Morgan fingerprint density at radius 3 is 1.41 bits per heavy atom. The summed E-state index contributed by atoms with van der Waals surface area (Å²) in [6.45, 7) is 0. The van der Waals surface area contributed by atoms with Gasteiger partial charge in [0.15, 0.2) is 0 Å². The lowest BCUT2D eigenvalue weighted by Crippen LogP contribution is -2.10. The fraction of sp³-hybridized carbons (Fsp3) is 0.419. The van der Waals surface area contributed by atoms with Crippen LogP contribution in [0.3, 0.4) is 0 Å². The van der Waals surface area contributed by atoms with E-state index in [2.05, 4.69) is 12.1 Å². The molecule has 34 heavy (non-hydrogen) atoms. The molecule has 3 heteroatoms. The van der Waals surface area contributed by atoms with E-state index in [-0.39, 0.29) is 5.75 Å². The van der Waals surface area contributed by atoms with Gasteiger partial charge in [-0.15, -0.1) is 0 Å². The van der Waals surface area contributed by atoms with E-state index in [0.717, 1.165) is 47.9 Å². The zero-order chi connectivity index (χ0) is 23.5. The molecule has 2 saturated carbocycles. The number of phenolic OH excluding ortho intramolecular Hbond substituents is 3. The minimum Gasteiger partial charge on any atom is -0.508 e. The smallest absolute Gasteiger partial charge is 0.123 e. The van der Waals surface area contributed by atoms with Crippen molar-refractivity contribution in [2.45, 2.75) is 82.0 Å². The number of phenols is 3. The Bertz CT molecular complexity index is 1060. The number of rotatable bonds is 5. The third kappa shape index (κ3) is 4.41. The summed E-state index contributed by atoms with van der Waals surface area (Å²) < 4.78 is 0. The van der Waals surface area contributed by atoms with Crippen LogP contribution < -0.4 is 0 Å². The lowest BCUT2D eigenvalue weighted by molar-refractivity contribution is 0.406. The van der Waals surface area contributed by atoms with Crippen LogP contribution in [0.2, 0.25) is 0 Å². The normalized spacial score (nSPS) is 17.8. The Morgan fingerprint density at radius 1 is 0.500 bits per heavy atom. The molecule has 0 bridgehead atoms. The van der Waals surface area contributed by atoms with Crippen LogP contribution in [-0.2, 0) is 0 Å². The van der Waals surface area contributed by atoms with Gasteiger partial charge in [-0.1, -0.05) is 93.1 Å².